The van der Waals surface area contributed by atoms with Gasteiger partial charge in [-0.15, -0.1) is 95.1 Å². The van der Waals surface area contributed by atoms with Crippen LogP contribution in [0.25, 0.3) is 134 Å². The topological polar surface area (TPSA) is 0 Å². The van der Waals surface area contributed by atoms with Gasteiger partial charge in [0, 0.05) is 20.4 Å². The first-order valence-corrected chi connectivity index (χ1v) is 32.6. The van der Waals surface area contributed by atoms with E-state index in [2.05, 4.69) is 388 Å². The summed E-state index contributed by atoms with van der Waals surface area (Å²) in [6, 6.07) is 157. The predicted octanol–water partition coefficient (Wildman–Crippen LogP) is 25.9. The van der Waals surface area contributed by atoms with E-state index in [4.69, 9.17) is 0 Å². The summed E-state index contributed by atoms with van der Waals surface area (Å²) in [6.45, 7) is 0. The van der Waals surface area contributed by atoms with Gasteiger partial charge in [-0.2, -0.15) is 0 Å². The van der Waals surface area contributed by atoms with Crippen molar-refractivity contribution in [2.45, 2.75) is 0 Å². The van der Waals surface area contributed by atoms with Crippen LogP contribution in [-0.2, 0) is 20.4 Å². The molecule has 0 N–H and O–H groups in total. The van der Waals surface area contributed by atoms with Crippen LogP contribution < -0.4 is 0 Å². The van der Waals surface area contributed by atoms with Crippen LogP contribution in [0, 0.1) is 24.3 Å². The van der Waals surface area contributed by atoms with Gasteiger partial charge in [0.1, 0.15) is 0 Å². The molecule has 0 saturated heterocycles. The molecule has 0 radical (unpaired) electrons. The molecule has 16 aromatic carbocycles. The SMILES string of the molecule is [Pd].[c-]1ccc(-c2ccccc2)c(-c2ccccc2)c1-c1ccccc1.[c-]1ccc(-c2ccccc2)c(-c2ccccc2)c1-c1ccccc1.[c-]1ccc(-c2ccccc2)c(-c2ccccc2)c1-c1ccccc1.[c-]1ccc(-c2ccccc2)c(-c2ccccc2)c1-c1ccccc1. The summed E-state index contributed by atoms with van der Waals surface area (Å²) < 4.78 is 0. The van der Waals surface area contributed by atoms with Crippen molar-refractivity contribution in [1.29, 1.82) is 0 Å². The molecule has 0 spiro atoms. The van der Waals surface area contributed by atoms with E-state index in [0.717, 1.165) is 22.3 Å². The molecule has 0 amide bonds. The molecule has 0 fully saturated rings. The summed E-state index contributed by atoms with van der Waals surface area (Å²) in [7, 11) is 0. The maximum Gasteiger partial charge on any atom is 0 e. The van der Waals surface area contributed by atoms with Crippen LogP contribution in [0.5, 0.6) is 0 Å². The van der Waals surface area contributed by atoms with E-state index in [1.165, 1.54) is 111 Å². The standard InChI is InChI=1S/4C24H17.Pd/c4*1-4-11-19(12-5-1)22-17-10-18-23(20-13-6-2-7-14-20)24(22)21-15-8-3-9-16-21;/h4*1-17H;/q4*-1;. The van der Waals surface area contributed by atoms with E-state index in [9.17, 15) is 0 Å². The van der Waals surface area contributed by atoms with Crippen molar-refractivity contribution in [3.05, 3.63) is 437 Å². The van der Waals surface area contributed by atoms with Gasteiger partial charge in [0.15, 0.2) is 0 Å². The van der Waals surface area contributed by atoms with Crippen LogP contribution in [0.1, 0.15) is 0 Å². The summed E-state index contributed by atoms with van der Waals surface area (Å²) in [5.41, 5.74) is 29.0. The molecule has 0 bridgehead atoms. The van der Waals surface area contributed by atoms with Gasteiger partial charge in [-0.05, 0) is 22.3 Å². The Balaban J connectivity index is 0.000000123. The van der Waals surface area contributed by atoms with Gasteiger partial charge in [-0.3, -0.25) is 0 Å². The zero-order valence-electron chi connectivity index (χ0n) is 53.6. The average molecular weight is 1330 g/mol. The van der Waals surface area contributed by atoms with Crippen LogP contribution in [0.4, 0.5) is 0 Å². The van der Waals surface area contributed by atoms with Crippen molar-refractivity contribution in [3.63, 3.8) is 0 Å². The van der Waals surface area contributed by atoms with Crippen LogP contribution in [0.15, 0.2) is 413 Å². The van der Waals surface area contributed by atoms with Gasteiger partial charge < -0.3 is 0 Å². The Morgan fingerprint density at radius 3 is 0.392 bits per heavy atom. The molecule has 0 aliphatic heterocycles. The Bertz CT molecular complexity index is 4120. The maximum atomic E-state index is 3.46. The average Bonchev–Trinajstić information content (AvgIpc) is 0.823. The zero-order valence-corrected chi connectivity index (χ0v) is 55.1. The molecule has 97 heavy (non-hydrogen) atoms. The van der Waals surface area contributed by atoms with Crippen molar-refractivity contribution in [3.8, 4) is 134 Å². The molecule has 0 heterocycles. The largest absolute Gasteiger partial charge is 0.146 e. The van der Waals surface area contributed by atoms with Crippen molar-refractivity contribution in [1.82, 2.24) is 0 Å². The minimum Gasteiger partial charge on any atom is -0.146 e. The monoisotopic (exact) mass is 1330 g/mol. The molecule has 1 heteroatoms. The summed E-state index contributed by atoms with van der Waals surface area (Å²) in [5.74, 6) is 0. The third kappa shape index (κ3) is 16.1. The van der Waals surface area contributed by atoms with Crippen molar-refractivity contribution < 1.29 is 20.4 Å². The fraction of sp³-hybridized carbons (Fsp3) is 0. The van der Waals surface area contributed by atoms with Gasteiger partial charge in [0.05, 0.1) is 0 Å². The van der Waals surface area contributed by atoms with Crippen molar-refractivity contribution >= 4 is 0 Å². The first-order chi connectivity index (χ1) is 47.7. The minimum absolute atomic E-state index is 0. The Morgan fingerprint density at radius 1 is 0.124 bits per heavy atom. The molecule has 16 rings (SSSR count). The van der Waals surface area contributed by atoms with Gasteiger partial charge in [-0.1, -0.05) is 453 Å². The molecule has 0 aromatic heterocycles. The number of hydrogen-bond acceptors (Lipinski definition) is 0. The van der Waals surface area contributed by atoms with Gasteiger partial charge in [0.2, 0.25) is 0 Å². The Labute approximate surface area is 586 Å². The molecule has 16 aromatic rings. The van der Waals surface area contributed by atoms with Gasteiger partial charge in [-0.25, -0.2) is 0 Å². The smallest absolute Gasteiger partial charge is 0 e. The molecule has 0 unspecified atom stereocenters. The first-order valence-electron chi connectivity index (χ1n) is 32.6. The third-order valence-electron chi connectivity index (χ3n) is 16.8. The number of rotatable bonds is 12. The van der Waals surface area contributed by atoms with Gasteiger partial charge in [0.25, 0.3) is 0 Å². The molecular weight excluding hydrogens is 1260 g/mol. The minimum atomic E-state index is 0. The number of benzene rings is 16. The summed E-state index contributed by atoms with van der Waals surface area (Å²) in [4.78, 5) is 0. The van der Waals surface area contributed by atoms with Crippen molar-refractivity contribution in [2.75, 3.05) is 0 Å². The van der Waals surface area contributed by atoms with E-state index in [1.54, 1.807) is 0 Å². The van der Waals surface area contributed by atoms with Crippen LogP contribution in [0.2, 0.25) is 0 Å². The normalized spacial score (nSPS) is 10.4. The summed E-state index contributed by atoms with van der Waals surface area (Å²) in [6.07, 6.45) is 0. The van der Waals surface area contributed by atoms with E-state index in [0.29, 0.717) is 0 Å². The Kier molecular flexibility index (Phi) is 22.4. The number of hydrogen-bond donors (Lipinski definition) is 0. The Hall–Kier alpha value is -11.8. The third-order valence-corrected chi connectivity index (χ3v) is 16.8. The molecular formula is C96H68Pd-4. The summed E-state index contributed by atoms with van der Waals surface area (Å²) in [5, 5.41) is 0. The van der Waals surface area contributed by atoms with Crippen LogP contribution in [-0.4, -0.2) is 0 Å². The van der Waals surface area contributed by atoms with E-state index in [1.807, 2.05) is 48.5 Å². The second-order valence-electron chi connectivity index (χ2n) is 23.0. The zero-order chi connectivity index (χ0) is 64.8. The first kappa shape index (κ1) is 65.3. The molecule has 0 aliphatic rings. The summed E-state index contributed by atoms with van der Waals surface area (Å²) >= 11 is 0. The van der Waals surface area contributed by atoms with E-state index >= 15 is 0 Å². The maximum absolute atomic E-state index is 3.46. The second-order valence-corrected chi connectivity index (χ2v) is 23.0. The molecule has 0 nitrogen and oxygen atoms in total. The fourth-order valence-corrected chi connectivity index (χ4v) is 12.4. The quantitative estimate of drug-likeness (QED) is 0.0845. The molecule has 0 saturated carbocycles. The molecule has 466 valence electrons. The second kappa shape index (κ2) is 33.3. The fourth-order valence-electron chi connectivity index (χ4n) is 12.4. The van der Waals surface area contributed by atoms with Gasteiger partial charge >= 0.3 is 0 Å². The van der Waals surface area contributed by atoms with E-state index in [-0.39, 0.29) is 20.4 Å². The predicted molar refractivity (Wildman–Crippen MR) is 406 cm³/mol. The van der Waals surface area contributed by atoms with E-state index < -0.39 is 0 Å². The van der Waals surface area contributed by atoms with Crippen LogP contribution >= 0.6 is 0 Å². The van der Waals surface area contributed by atoms with Crippen LogP contribution in [0.3, 0.4) is 0 Å². The van der Waals surface area contributed by atoms with Crippen molar-refractivity contribution in [2.24, 2.45) is 0 Å². The molecule has 0 aliphatic carbocycles. The Morgan fingerprint density at radius 2 is 0.247 bits per heavy atom. The molecule has 0 atom stereocenters.